The van der Waals surface area contributed by atoms with Gasteiger partial charge in [-0.1, -0.05) is 6.92 Å². The predicted molar refractivity (Wildman–Crippen MR) is 47.6 cm³/mol. The van der Waals surface area contributed by atoms with Gasteiger partial charge in [0.05, 0.1) is 6.61 Å². The molecule has 0 bridgehead atoms. The van der Waals surface area contributed by atoms with Crippen molar-refractivity contribution in [1.29, 1.82) is 0 Å². The summed E-state index contributed by atoms with van der Waals surface area (Å²) in [4.78, 5) is 2.26. The van der Waals surface area contributed by atoms with E-state index in [1.807, 2.05) is 0 Å². The van der Waals surface area contributed by atoms with Gasteiger partial charge in [-0.15, -0.1) is 0 Å². The van der Waals surface area contributed by atoms with Crippen molar-refractivity contribution in [3.63, 3.8) is 0 Å². The maximum atomic E-state index is 4.94. The van der Waals surface area contributed by atoms with Gasteiger partial charge in [-0.05, 0) is 13.0 Å². The number of hydrogen-bond donors (Lipinski definition) is 1. The average molecular weight is 163 g/mol. The van der Waals surface area contributed by atoms with Crippen LogP contribution in [0.2, 0.25) is 0 Å². The predicted octanol–water partition coefficient (Wildman–Crippen LogP) is 1.23. The second kappa shape index (κ2) is 7.38. The molecule has 0 atom stereocenters. The standard InChI is InChI=1S/C7H17NOS/c1-3-4-8(7-10)5-6-9-2/h10H,3-7H2,1-2H3. The molecule has 10 heavy (non-hydrogen) atoms. The molecule has 3 heteroatoms. The molecule has 62 valence electrons. The van der Waals surface area contributed by atoms with Crippen LogP contribution in [0.15, 0.2) is 0 Å². The molecule has 0 aliphatic carbocycles. The molecule has 0 radical (unpaired) electrons. The molecule has 0 aromatic rings. The third kappa shape index (κ3) is 5.09. The molecule has 2 nitrogen and oxygen atoms in total. The number of nitrogens with zero attached hydrogens (tertiary/aromatic N) is 1. The van der Waals surface area contributed by atoms with Crippen molar-refractivity contribution in [1.82, 2.24) is 4.90 Å². The first-order valence-corrected chi connectivity index (χ1v) is 4.30. The van der Waals surface area contributed by atoms with Gasteiger partial charge in [0.25, 0.3) is 0 Å². The second-order valence-electron chi connectivity index (χ2n) is 2.25. The molecule has 0 heterocycles. The van der Waals surface area contributed by atoms with E-state index in [9.17, 15) is 0 Å². The normalized spacial score (nSPS) is 10.8. The van der Waals surface area contributed by atoms with Gasteiger partial charge in [0.1, 0.15) is 0 Å². The minimum atomic E-state index is 0.806. The second-order valence-corrected chi connectivity index (χ2v) is 2.54. The van der Waals surface area contributed by atoms with E-state index in [4.69, 9.17) is 4.74 Å². The first-order valence-electron chi connectivity index (χ1n) is 3.67. The topological polar surface area (TPSA) is 12.5 Å². The van der Waals surface area contributed by atoms with Crippen LogP contribution in [-0.4, -0.2) is 37.6 Å². The van der Waals surface area contributed by atoms with Crippen LogP contribution >= 0.6 is 12.6 Å². The fourth-order valence-electron chi connectivity index (χ4n) is 0.790. The lowest BCUT2D eigenvalue weighted by Gasteiger charge is -2.17. The van der Waals surface area contributed by atoms with E-state index in [1.165, 1.54) is 6.42 Å². The van der Waals surface area contributed by atoms with Crippen LogP contribution in [0.1, 0.15) is 13.3 Å². The summed E-state index contributed by atoms with van der Waals surface area (Å²) in [7, 11) is 1.72. The highest BCUT2D eigenvalue weighted by Crippen LogP contribution is 1.92. The lowest BCUT2D eigenvalue weighted by molar-refractivity contribution is 0.158. The van der Waals surface area contributed by atoms with Gasteiger partial charge in [-0.2, -0.15) is 12.6 Å². The van der Waals surface area contributed by atoms with E-state index in [-0.39, 0.29) is 0 Å². The zero-order valence-corrected chi connectivity index (χ0v) is 7.73. The number of ether oxygens (including phenoxy) is 1. The third-order valence-electron chi connectivity index (χ3n) is 1.35. The highest BCUT2D eigenvalue weighted by molar-refractivity contribution is 7.80. The van der Waals surface area contributed by atoms with Crippen LogP contribution in [-0.2, 0) is 4.74 Å². The fraction of sp³-hybridized carbons (Fsp3) is 1.00. The van der Waals surface area contributed by atoms with Crippen molar-refractivity contribution < 1.29 is 4.74 Å². The largest absolute Gasteiger partial charge is 0.383 e. The monoisotopic (exact) mass is 163 g/mol. The van der Waals surface area contributed by atoms with E-state index in [1.54, 1.807) is 7.11 Å². The molecule has 0 saturated heterocycles. The zero-order chi connectivity index (χ0) is 7.82. The zero-order valence-electron chi connectivity index (χ0n) is 6.84. The minimum Gasteiger partial charge on any atom is -0.383 e. The summed E-state index contributed by atoms with van der Waals surface area (Å²) in [5, 5.41) is 0. The first-order chi connectivity index (χ1) is 4.85. The average Bonchev–Trinajstić information content (AvgIpc) is 1.98. The quantitative estimate of drug-likeness (QED) is 0.467. The van der Waals surface area contributed by atoms with Crippen LogP contribution in [0, 0.1) is 0 Å². The van der Waals surface area contributed by atoms with E-state index >= 15 is 0 Å². The van der Waals surface area contributed by atoms with Crippen LogP contribution in [0.25, 0.3) is 0 Å². The van der Waals surface area contributed by atoms with Gasteiger partial charge in [0.2, 0.25) is 0 Å². The molecule has 0 saturated carbocycles. The fourth-order valence-corrected chi connectivity index (χ4v) is 1.07. The van der Waals surface area contributed by atoms with Crippen LogP contribution in [0.4, 0.5) is 0 Å². The molecule has 0 amide bonds. The van der Waals surface area contributed by atoms with Gasteiger partial charge >= 0.3 is 0 Å². The number of methoxy groups -OCH3 is 1. The van der Waals surface area contributed by atoms with Gasteiger partial charge < -0.3 is 4.74 Å². The van der Waals surface area contributed by atoms with Gasteiger partial charge in [0, 0.05) is 19.5 Å². The molecule has 0 unspecified atom stereocenters. The Hall–Kier alpha value is 0.270. The maximum Gasteiger partial charge on any atom is 0.0589 e. The SMILES string of the molecule is CCCN(CS)CCOC. The summed E-state index contributed by atoms with van der Waals surface area (Å²) in [5.41, 5.74) is 0. The first kappa shape index (κ1) is 10.3. The highest BCUT2D eigenvalue weighted by Gasteiger charge is 1.98. The van der Waals surface area contributed by atoms with Crippen LogP contribution in [0.5, 0.6) is 0 Å². The summed E-state index contributed by atoms with van der Waals surface area (Å²) in [6, 6.07) is 0. The molecule has 0 aliphatic rings. The van der Waals surface area contributed by atoms with Gasteiger partial charge in [-0.3, -0.25) is 4.90 Å². The molecule has 0 aromatic carbocycles. The van der Waals surface area contributed by atoms with Crippen LogP contribution < -0.4 is 0 Å². The Morgan fingerprint density at radius 2 is 2.10 bits per heavy atom. The van der Waals surface area contributed by atoms with Crippen molar-refractivity contribution in [2.75, 3.05) is 32.7 Å². The molecular weight excluding hydrogens is 146 g/mol. The Morgan fingerprint density at radius 3 is 2.50 bits per heavy atom. The Balaban J connectivity index is 3.21. The molecule has 0 aliphatic heterocycles. The van der Waals surface area contributed by atoms with Crippen molar-refractivity contribution in [3.8, 4) is 0 Å². The molecule has 0 aromatic heterocycles. The Kier molecular flexibility index (Phi) is 7.58. The van der Waals surface area contributed by atoms with E-state index < -0.39 is 0 Å². The maximum absolute atomic E-state index is 4.94. The Morgan fingerprint density at radius 1 is 1.40 bits per heavy atom. The Labute approximate surface area is 69.0 Å². The van der Waals surface area contributed by atoms with Crippen molar-refractivity contribution in [2.24, 2.45) is 0 Å². The number of thiol groups is 1. The van der Waals surface area contributed by atoms with E-state index in [2.05, 4.69) is 24.5 Å². The summed E-state index contributed by atoms with van der Waals surface area (Å²) >= 11 is 4.19. The number of hydrogen-bond acceptors (Lipinski definition) is 3. The molecule has 0 fully saturated rings. The van der Waals surface area contributed by atoms with Gasteiger partial charge in [0.15, 0.2) is 0 Å². The van der Waals surface area contributed by atoms with E-state index in [0.29, 0.717) is 0 Å². The van der Waals surface area contributed by atoms with Crippen molar-refractivity contribution in [3.05, 3.63) is 0 Å². The summed E-state index contributed by atoms with van der Waals surface area (Å²) < 4.78 is 4.94. The van der Waals surface area contributed by atoms with Crippen molar-refractivity contribution >= 4 is 12.6 Å². The Bertz CT molecular complexity index is 70.6. The third-order valence-corrected chi connectivity index (χ3v) is 1.75. The molecule has 0 spiro atoms. The minimum absolute atomic E-state index is 0.806. The van der Waals surface area contributed by atoms with Crippen LogP contribution in [0.3, 0.4) is 0 Å². The lowest BCUT2D eigenvalue weighted by Crippen LogP contribution is -2.26. The van der Waals surface area contributed by atoms with Gasteiger partial charge in [-0.25, -0.2) is 0 Å². The lowest BCUT2D eigenvalue weighted by atomic mass is 10.4. The number of rotatable bonds is 6. The molecule has 0 N–H and O–H groups in total. The summed E-state index contributed by atoms with van der Waals surface area (Å²) in [6.07, 6.45) is 1.18. The van der Waals surface area contributed by atoms with Crippen molar-refractivity contribution in [2.45, 2.75) is 13.3 Å². The highest BCUT2D eigenvalue weighted by atomic mass is 32.1. The summed E-state index contributed by atoms with van der Waals surface area (Å²) in [5.74, 6) is 0.831. The smallest absolute Gasteiger partial charge is 0.0589 e. The van der Waals surface area contributed by atoms with E-state index in [0.717, 1.165) is 25.6 Å². The molecular formula is C7H17NOS. The summed E-state index contributed by atoms with van der Waals surface area (Å²) in [6.45, 7) is 5.09. The molecule has 0 rings (SSSR count).